The summed E-state index contributed by atoms with van der Waals surface area (Å²) >= 11 is 0. The monoisotopic (exact) mass is 386 g/mol. The van der Waals surface area contributed by atoms with Gasteiger partial charge in [0.05, 0.1) is 0 Å². The predicted molar refractivity (Wildman–Crippen MR) is 61.4 cm³/mol. The summed E-state index contributed by atoms with van der Waals surface area (Å²) in [5, 5.41) is 18.4. The number of carbonyl (C=O) groups excluding carboxylic acids is 1. The standard InChI is InChI=1S/C11H7F9N2O3/c12-9(13,14)8(10(15,16)17,11(18,19)20)7(23)21-5-3-1-2-4-6(5)22(24)25/h1-4,22,24H,(H,21,23). The molecule has 1 aromatic rings. The van der Waals surface area contributed by atoms with Crippen molar-refractivity contribution in [3.05, 3.63) is 29.5 Å². The SMILES string of the molecule is O=C(Nc1ccccc1[NH+]([O-])O)C(C(F)(F)F)(C(F)(F)F)C(F)(F)F. The van der Waals surface area contributed by atoms with Crippen LogP contribution in [0.3, 0.4) is 0 Å². The molecule has 0 aliphatic heterocycles. The van der Waals surface area contributed by atoms with Crippen LogP contribution in [-0.2, 0) is 4.79 Å². The quantitative estimate of drug-likeness (QED) is 0.552. The number of benzene rings is 1. The van der Waals surface area contributed by atoms with E-state index in [1.165, 1.54) is 0 Å². The molecule has 3 N–H and O–H groups in total. The van der Waals surface area contributed by atoms with Crippen LogP contribution in [0.25, 0.3) is 0 Å². The molecule has 1 unspecified atom stereocenters. The summed E-state index contributed by atoms with van der Waals surface area (Å²) in [4.78, 5) is 11.5. The van der Waals surface area contributed by atoms with E-state index >= 15 is 0 Å². The smallest absolute Gasteiger partial charge is 0.421 e. The fraction of sp³-hybridized carbons (Fsp3) is 0.364. The Morgan fingerprint density at radius 3 is 1.68 bits per heavy atom. The Kier molecular flexibility index (Phi) is 5.33. The maximum Gasteiger partial charge on any atom is 0.421 e. The first-order valence-electron chi connectivity index (χ1n) is 5.91. The van der Waals surface area contributed by atoms with Gasteiger partial charge < -0.3 is 10.5 Å². The molecule has 0 aliphatic carbocycles. The van der Waals surface area contributed by atoms with E-state index in [1.807, 2.05) is 0 Å². The van der Waals surface area contributed by atoms with Crippen molar-refractivity contribution in [1.29, 1.82) is 0 Å². The Balaban J connectivity index is 3.57. The van der Waals surface area contributed by atoms with Crippen LogP contribution >= 0.6 is 0 Å². The summed E-state index contributed by atoms with van der Waals surface area (Å²) in [6.45, 7) is 0. The Morgan fingerprint density at radius 1 is 0.920 bits per heavy atom. The van der Waals surface area contributed by atoms with Crippen LogP contribution in [0.1, 0.15) is 0 Å². The molecule has 0 saturated carbocycles. The van der Waals surface area contributed by atoms with Gasteiger partial charge in [0.1, 0.15) is 5.69 Å². The number of carbonyl (C=O) groups is 1. The van der Waals surface area contributed by atoms with E-state index in [4.69, 9.17) is 5.21 Å². The second-order valence-corrected chi connectivity index (χ2v) is 4.55. The van der Waals surface area contributed by atoms with E-state index in [9.17, 15) is 49.5 Å². The molecule has 0 aliphatic rings. The first kappa shape index (κ1) is 21.0. The Bertz CT molecular complexity index is 601. The van der Waals surface area contributed by atoms with Gasteiger partial charge in [0.15, 0.2) is 5.69 Å². The van der Waals surface area contributed by atoms with Gasteiger partial charge in [-0.05, 0) is 6.07 Å². The first-order valence-corrected chi connectivity index (χ1v) is 5.91. The molecule has 0 bridgehead atoms. The summed E-state index contributed by atoms with van der Waals surface area (Å²) < 4.78 is 115. The van der Waals surface area contributed by atoms with Gasteiger partial charge in [-0.15, -0.1) is 0 Å². The average Bonchev–Trinajstić information content (AvgIpc) is 2.33. The summed E-state index contributed by atoms with van der Waals surface area (Å²) in [5.74, 6) is -3.52. The Hall–Kier alpha value is -2.06. The third kappa shape index (κ3) is 3.50. The first-order chi connectivity index (χ1) is 11.1. The number of nitrogens with one attached hydrogen (secondary N) is 2. The molecule has 0 aromatic heterocycles. The zero-order valence-electron chi connectivity index (χ0n) is 11.5. The van der Waals surface area contributed by atoms with Crippen LogP contribution < -0.4 is 10.5 Å². The van der Waals surface area contributed by atoms with E-state index in [2.05, 4.69) is 0 Å². The van der Waals surface area contributed by atoms with Crippen molar-refractivity contribution in [3.8, 4) is 0 Å². The molecule has 0 radical (unpaired) electrons. The van der Waals surface area contributed by atoms with Gasteiger partial charge in [-0.25, -0.2) is 5.21 Å². The number of halogens is 9. The minimum Gasteiger partial charge on any atom is -0.595 e. The number of rotatable bonds is 3. The van der Waals surface area contributed by atoms with Crippen LogP contribution in [0, 0.1) is 10.6 Å². The lowest BCUT2D eigenvalue weighted by Gasteiger charge is -2.37. The molecular weight excluding hydrogens is 379 g/mol. The van der Waals surface area contributed by atoms with E-state index in [1.54, 1.807) is 0 Å². The fourth-order valence-electron chi connectivity index (χ4n) is 1.86. The van der Waals surface area contributed by atoms with Gasteiger partial charge in [-0.1, -0.05) is 12.1 Å². The number of amides is 1. The summed E-state index contributed by atoms with van der Waals surface area (Å²) in [6.07, 6.45) is -21.3. The van der Waals surface area contributed by atoms with E-state index < -0.39 is 46.5 Å². The number of para-hydroxylation sites is 2. The zero-order valence-corrected chi connectivity index (χ0v) is 11.5. The van der Waals surface area contributed by atoms with E-state index in [0.29, 0.717) is 12.1 Å². The predicted octanol–water partition coefficient (Wildman–Crippen LogP) is 2.70. The number of hydrogen-bond donors (Lipinski definition) is 3. The fourth-order valence-corrected chi connectivity index (χ4v) is 1.86. The molecule has 14 heteroatoms. The van der Waals surface area contributed by atoms with Crippen LogP contribution in [0.5, 0.6) is 0 Å². The van der Waals surface area contributed by atoms with Crippen LogP contribution in [0.4, 0.5) is 50.9 Å². The van der Waals surface area contributed by atoms with Crippen molar-refractivity contribution in [1.82, 2.24) is 0 Å². The molecule has 0 saturated heterocycles. The minimum atomic E-state index is -7.09. The molecule has 1 atom stereocenters. The molecule has 25 heavy (non-hydrogen) atoms. The lowest BCUT2D eigenvalue weighted by molar-refractivity contribution is -0.990. The van der Waals surface area contributed by atoms with Gasteiger partial charge in [-0.3, -0.25) is 4.79 Å². The summed E-state index contributed by atoms with van der Waals surface area (Å²) in [7, 11) is 0. The van der Waals surface area contributed by atoms with Crippen molar-refractivity contribution in [2.24, 2.45) is 5.41 Å². The highest BCUT2D eigenvalue weighted by Crippen LogP contribution is 2.59. The zero-order chi connectivity index (χ0) is 19.8. The topological polar surface area (TPSA) is 76.8 Å². The molecule has 1 aromatic carbocycles. The normalized spacial score (nSPS) is 15.0. The molecule has 0 spiro atoms. The molecule has 142 valence electrons. The van der Waals surface area contributed by atoms with Gasteiger partial charge in [0.25, 0.3) is 5.91 Å². The molecule has 1 rings (SSSR count). The van der Waals surface area contributed by atoms with Gasteiger partial charge in [-0.2, -0.15) is 44.7 Å². The van der Waals surface area contributed by atoms with Crippen LogP contribution in [0.2, 0.25) is 0 Å². The molecule has 0 heterocycles. The molecular formula is C11H7F9N2O3. The highest BCUT2D eigenvalue weighted by molar-refractivity contribution is 5.98. The van der Waals surface area contributed by atoms with Gasteiger partial charge in [0.2, 0.25) is 0 Å². The van der Waals surface area contributed by atoms with E-state index in [-0.39, 0.29) is 0 Å². The van der Waals surface area contributed by atoms with Crippen molar-refractivity contribution in [2.45, 2.75) is 18.5 Å². The Morgan fingerprint density at radius 2 is 1.32 bits per heavy atom. The average molecular weight is 386 g/mol. The Labute approximate surface area is 132 Å². The van der Waals surface area contributed by atoms with Crippen molar-refractivity contribution >= 4 is 17.3 Å². The maximum absolute atomic E-state index is 12.8. The van der Waals surface area contributed by atoms with Gasteiger partial charge in [0, 0.05) is 6.07 Å². The lowest BCUT2D eigenvalue weighted by atomic mass is 9.84. The second-order valence-electron chi connectivity index (χ2n) is 4.55. The second kappa shape index (κ2) is 6.34. The largest absolute Gasteiger partial charge is 0.595 e. The third-order valence-corrected chi connectivity index (χ3v) is 3.02. The molecule has 0 fully saturated rings. The van der Waals surface area contributed by atoms with Crippen molar-refractivity contribution in [3.63, 3.8) is 0 Å². The number of hydrogen-bond acceptors (Lipinski definition) is 3. The molecule has 1 amide bonds. The maximum atomic E-state index is 12.8. The van der Waals surface area contributed by atoms with Crippen molar-refractivity contribution < 1.29 is 54.7 Å². The minimum absolute atomic E-state index is 0.537. The highest BCUT2D eigenvalue weighted by atomic mass is 19.4. The van der Waals surface area contributed by atoms with Crippen LogP contribution in [0.15, 0.2) is 24.3 Å². The number of quaternary nitrogens is 1. The van der Waals surface area contributed by atoms with Gasteiger partial charge >= 0.3 is 23.9 Å². The number of anilines is 1. The summed E-state index contributed by atoms with van der Waals surface area (Å²) in [6, 6.07) is 3.08. The highest BCUT2D eigenvalue weighted by Gasteiger charge is 2.88. The third-order valence-electron chi connectivity index (χ3n) is 3.02. The van der Waals surface area contributed by atoms with Crippen LogP contribution in [-0.4, -0.2) is 29.6 Å². The summed E-state index contributed by atoms with van der Waals surface area (Å²) in [5.41, 5.74) is -8.91. The van der Waals surface area contributed by atoms with Crippen molar-refractivity contribution in [2.75, 3.05) is 5.32 Å². The lowest BCUT2D eigenvalue weighted by Crippen LogP contribution is -2.99. The number of alkyl halides is 9. The molecule has 5 nitrogen and oxygen atoms in total. The van der Waals surface area contributed by atoms with E-state index in [0.717, 1.165) is 17.4 Å².